The Morgan fingerprint density at radius 2 is 1.53 bits per heavy atom. The van der Waals surface area contributed by atoms with Crippen molar-refractivity contribution in [3.63, 3.8) is 0 Å². The summed E-state index contributed by atoms with van der Waals surface area (Å²) in [7, 11) is 0. The molecule has 0 heterocycles. The molecule has 0 bridgehead atoms. The van der Waals surface area contributed by atoms with Gasteiger partial charge in [-0.2, -0.15) is 5.10 Å². The molecule has 3 aromatic rings. The number of benzene rings is 3. The van der Waals surface area contributed by atoms with Gasteiger partial charge in [-0.1, -0.05) is 97.7 Å². The molecule has 0 spiro atoms. The zero-order chi connectivity index (χ0) is 21.0. The number of hydrogen-bond donors (Lipinski definition) is 1. The molecule has 1 fully saturated rings. The summed E-state index contributed by atoms with van der Waals surface area (Å²) >= 11 is 6.01. The van der Waals surface area contributed by atoms with E-state index in [0.717, 1.165) is 30.5 Å². The Bertz CT molecular complexity index is 990. The zero-order valence-electron chi connectivity index (χ0n) is 17.0. The van der Waals surface area contributed by atoms with E-state index >= 15 is 0 Å². The molecule has 0 aliphatic heterocycles. The molecule has 152 valence electrons. The first-order valence-electron chi connectivity index (χ1n) is 10.4. The molecule has 1 atom stereocenters. The minimum Gasteiger partial charge on any atom is -0.273 e. The fraction of sp³-hybridized carbons (Fsp3) is 0.231. The first kappa shape index (κ1) is 20.4. The molecule has 0 saturated heterocycles. The van der Waals surface area contributed by atoms with Crippen LogP contribution < -0.4 is 5.43 Å². The maximum absolute atomic E-state index is 13.1. The fourth-order valence-electron chi connectivity index (χ4n) is 4.20. The van der Waals surface area contributed by atoms with E-state index in [0.29, 0.717) is 5.02 Å². The van der Waals surface area contributed by atoms with Gasteiger partial charge in [0.2, 0.25) is 5.91 Å². The van der Waals surface area contributed by atoms with Crippen molar-refractivity contribution in [2.75, 3.05) is 0 Å². The van der Waals surface area contributed by atoms with Crippen molar-refractivity contribution in [3.8, 4) is 0 Å². The lowest BCUT2D eigenvalue weighted by molar-refractivity contribution is -0.122. The van der Waals surface area contributed by atoms with Crippen LogP contribution in [0.25, 0.3) is 0 Å². The van der Waals surface area contributed by atoms with Gasteiger partial charge in [0.15, 0.2) is 0 Å². The largest absolute Gasteiger partial charge is 0.273 e. The zero-order valence-corrected chi connectivity index (χ0v) is 17.8. The standard InChI is InChI=1S/C26H25ClN2O/c1-2-9-24(19-14-16-22(27)17-15-19)28-29-25(30)23-18-26(23,20-10-5-3-6-11-20)21-12-7-4-8-13-21/h3-8,10-17,23H,2,9,18H2,1H3,(H,29,30)/b28-24+/t23-/m1/s1. The molecule has 0 aromatic heterocycles. The van der Waals surface area contributed by atoms with Crippen LogP contribution in [0.1, 0.15) is 42.9 Å². The maximum atomic E-state index is 13.1. The van der Waals surface area contributed by atoms with Gasteiger partial charge >= 0.3 is 0 Å². The van der Waals surface area contributed by atoms with Crippen molar-refractivity contribution in [2.45, 2.75) is 31.6 Å². The first-order chi connectivity index (χ1) is 14.6. The molecular formula is C26H25ClN2O. The summed E-state index contributed by atoms with van der Waals surface area (Å²) < 4.78 is 0. The molecule has 3 aromatic carbocycles. The van der Waals surface area contributed by atoms with E-state index in [9.17, 15) is 4.79 Å². The molecule has 1 N–H and O–H groups in total. The Kier molecular flexibility index (Phi) is 6.01. The van der Waals surface area contributed by atoms with Gasteiger partial charge in [-0.3, -0.25) is 4.79 Å². The lowest BCUT2D eigenvalue weighted by Crippen LogP contribution is -2.26. The summed E-state index contributed by atoms with van der Waals surface area (Å²) in [6.45, 7) is 2.10. The van der Waals surface area contributed by atoms with Crippen LogP contribution in [0.5, 0.6) is 0 Å². The molecule has 1 aliphatic rings. The summed E-state index contributed by atoms with van der Waals surface area (Å²) in [4.78, 5) is 13.1. The minimum atomic E-state index is -0.284. The number of carbonyl (C=O) groups excluding carboxylic acids is 1. The number of hydrogen-bond acceptors (Lipinski definition) is 2. The van der Waals surface area contributed by atoms with Gasteiger partial charge < -0.3 is 0 Å². The highest BCUT2D eigenvalue weighted by atomic mass is 35.5. The lowest BCUT2D eigenvalue weighted by Gasteiger charge is -2.18. The van der Waals surface area contributed by atoms with Crippen LogP contribution in [-0.2, 0) is 10.2 Å². The van der Waals surface area contributed by atoms with Crippen LogP contribution in [0.15, 0.2) is 90.0 Å². The van der Waals surface area contributed by atoms with Crippen molar-refractivity contribution in [3.05, 3.63) is 107 Å². The average Bonchev–Trinajstić information content (AvgIpc) is 3.55. The lowest BCUT2D eigenvalue weighted by atomic mass is 9.85. The quantitative estimate of drug-likeness (QED) is 0.374. The SMILES string of the molecule is CCC/C(=N\NC(=O)[C@H]1CC1(c1ccccc1)c1ccccc1)c1ccc(Cl)cc1. The predicted octanol–water partition coefficient (Wildman–Crippen LogP) is 5.97. The number of rotatable bonds is 7. The van der Waals surface area contributed by atoms with Crippen molar-refractivity contribution < 1.29 is 4.79 Å². The molecule has 3 nitrogen and oxygen atoms in total. The monoisotopic (exact) mass is 416 g/mol. The van der Waals surface area contributed by atoms with Crippen LogP contribution >= 0.6 is 11.6 Å². The second kappa shape index (κ2) is 8.85. The van der Waals surface area contributed by atoms with E-state index in [4.69, 9.17) is 11.6 Å². The Hall–Kier alpha value is -2.91. The summed E-state index contributed by atoms with van der Waals surface area (Å²) in [6.07, 6.45) is 2.51. The van der Waals surface area contributed by atoms with Crippen LogP contribution in [-0.4, -0.2) is 11.6 Å². The third-order valence-electron chi connectivity index (χ3n) is 5.82. The van der Waals surface area contributed by atoms with E-state index in [1.165, 1.54) is 11.1 Å². The second-order valence-electron chi connectivity index (χ2n) is 7.75. The molecule has 4 heteroatoms. The smallest absolute Gasteiger partial charge is 0.244 e. The summed E-state index contributed by atoms with van der Waals surface area (Å²) in [5.41, 5.74) is 6.76. The van der Waals surface area contributed by atoms with Gasteiger partial charge in [0.1, 0.15) is 0 Å². The topological polar surface area (TPSA) is 41.5 Å². The molecule has 0 radical (unpaired) electrons. The van der Waals surface area contributed by atoms with Gasteiger partial charge in [-0.15, -0.1) is 0 Å². The van der Waals surface area contributed by atoms with Crippen molar-refractivity contribution in [2.24, 2.45) is 11.0 Å². The second-order valence-corrected chi connectivity index (χ2v) is 8.19. The van der Waals surface area contributed by atoms with Crippen LogP contribution in [0.2, 0.25) is 5.02 Å². The Balaban J connectivity index is 1.58. The fourth-order valence-corrected chi connectivity index (χ4v) is 4.33. The Morgan fingerprint density at radius 1 is 0.967 bits per heavy atom. The van der Waals surface area contributed by atoms with E-state index in [1.807, 2.05) is 60.7 Å². The summed E-state index contributed by atoms with van der Waals surface area (Å²) in [5, 5.41) is 5.19. The van der Waals surface area contributed by atoms with Crippen molar-refractivity contribution in [1.29, 1.82) is 0 Å². The Morgan fingerprint density at radius 3 is 2.07 bits per heavy atom. The van der Waals surface area contributed by atoms with Crippen LogP contribution in [0, 0.1) is 5.92 Å². The highest BCUT2D eigenvalue weighted by Gasteiger charge is 2.60. The van der Waals surface area contributed by atoms with Crippen molar-refractivity contribution in [1.82, 2.24) is 5.43 Å². The number of carbonyl (C=O) groups is 1. The van der Waals surface area contributed by atoms with E-state index < -0.39 is 0 Å². The highest BCUT2D eigenvalue weighted by Crippen LogP contribution is 2.58. The molecule has 0 unspecified atom stereocenters. The number of nitrogens with zero attached hydrogens (tertiary/aromatic N) is 1. The van der Waals surface area contributed by atoms with Gasteiger partial charge in [0.25, 0.3) is 0 Å². The van der Waals surface area contributed by atoms with Crippen LogP contribution in [0.4, 0.5) is 0 Å². The molecule has 30 heavy (non-hydrogen) atoms. The highest BCUT2D eigenvalue weighted by molar-refractivity contribution is 6.30. The normalized spacial score (nSPS) is 17.4. The number of nitrogens with one attached hydrogen (secondary N) is 1. The average molecular weight is 417 g/mol. The van der Waals surface area contributed by atoms with Gasteiger partial charge in [0, 0.05) is 10.4 Å². The molecule has 1 amide bonds. The number of amides is 1. The molecule has 4 rings (SSSR count). The summed E-state index contributed by atoms with van der Waals surface area (Å²) in [5.74, 6) is -0.176. The van der Waals surface area contributed by atoms with Gasteiger partial charge in [-0.25, -0.2) is 5.43 Å². The van der Waals surface area contributed by atoms with Gasteiger partial charge in [-0.05, 0) is 41.7 Å². The third-order valence-corrected chi connectivity index (χ3v) is 6.07. The minimum absolute atomic E-state index is 0.0368. The third kappa shape index (κ3) is 4.03. The van der Waals surface area contributed by atoms with E-state index in [1.54, 1.807) is 0 Å². The maximum Gasteiger partial charge on any atom is 0.244 e. The number of hydrazone groups is 1. The van der Waals surface area contributed by atoms with E-state index in [2.05, 4.69) is 41.7 Å². The molecular weight excluding hydrogens is 392 g/mol. The van der Waals surface area contributed by atoms with Crippen LogP contribution in [0.3, 0.4) is 0 Å². The van der Waals surface area contributed by atoms with Crippen molar-refractivity contribution >= 4 is 23.2 Å². The van der Waals surface area contributed by atoms with Gasteiger partial charge in [0.05, 0.1) is 11.6 Å². The molecule has 1 saturated carbocycles. The first-order valence-corrected chi connectivity index (χ1v) is 10.8. The number of halogens is 1. The predicted molar refractivity (Wildman–Crippen MR) is 123 cm³/mol. The Labute approximate surface area is 182 Å². The molecule has 1 aliphatic carbocycles. The summed E-state index contributed by atoms with van der Waals surface area (Å²) in [6, 6.07) is 28.2. The van der Waals surface area contributed by atoms with E-state index in [-0.39, 0.29) is 17.2 Å².